The van der Waals surface area contributed by atoms with Gasteiger partial charge >= 0.3 is 0 Å². The first kappa shape index (κ1) is 30.6. The molecular weight excluding hydrogens is 661 g/mol. The number of nitrogens with zero attached hydrogens (tertiary/aromatic N) is 6. The van der Waals surface area contributed by atoms with Crippen molar-refractivity contribution in [1.82, 2.24) is 29.5 Å². The van der Waals surface area contributed by atoms with E-state index >= 15 is 0 Å². The molecule has 0 saturated heterocycles. The van der Waals surface area contributed by atoms with E-state index in [9.17, 15) is 0 Å². The van der Waals surface area contributed by atoms with Crippen LogP contribution in [0.3, 0.4) is 0 Å². The van der Waals surface area contributed by atoms with Gasteiger partial charge in [0.05, 0.1) is 16.7 Å². The normalized spacial score (nSPS) is 13.1. The maximum Gasteiger partial charge on any atom is 0.182 e. The summed E-state index contributed by atoms with van der Waals surface area (Å²) in [6.07, 6.45) is 3.51. The van der Waals surface area contributed by atoms with Crippen molar-refractivity contribution in [3.8, 4) is 51.2 Å². The minimum Gasteiger partial charge on any atom is -0.309 e. The molecule has 1 aliphatic rings. The van der Waals surface area contributed by atoms with Crippen LogP contribution in [-0.2, 0) is 5.41 Å². The van der Waals surface area contributed by atoms with Crippen LogP contribution < -0.4 is 0 Å². The van der Waals surface area contributed by atoms with Gasteiger partial charge in [-0.05, 0) is 105 Å². The summed E-state index contributed by atoms with van der Waals surface area (Å²) in [5, 5.41) is 7.17. The zero-order chi connectivity index (χ0) is 36.0. The Morgan fingerprint density at radius 3 is 1.70 bits per heavy atom. The van der Waals surface area contributed by atoms with Crippen molar-refractivity contribution >= 4 is 43.4 Å². The molecule has 254 valence electrons. The van der Waals surface area contributed by atoms with Crippen LogP contribution in [0.1, 0.15) is 25.0 Å². The second-order valence-corrected chi connectivity index (χ2v) is 14.6. The van der Waals surface area contributed by atoms with Gasteiger partial charge in [-0.1, -0.05) is 92.7 Å². The van der Waals surface area contributed by atoms with Crippen molar-refractivity contribution in [2.24, 2.45) is 0 Å². The number of benzene rings is 6. The highest BCUT2D eigenvalue weighted by Gasteiger charge is 2.37. The molecule has 10 aromatic rings. The summed E-state index contributed by atoms with van der Waals surface area (Å²) in [6.45, 7) is 4.73. The van der Waals surface area contributed by atoms with E-state index < -0.39 is 0 Å². The van der Waals surface area contributed by atoms with Crippen LogP contribution in [0, 0.1) is 0 Å². The highest BCUT2D eigenvalue weighted by atomic mass is 15.1. The SMILES string of the molecule is CC1(C)c2cc3ccccc3cc2-c2cc3c4ccccc4n(-c4ccc(-c5nc(-c6ccccn6)nc(-c6ccccn6)n5)c5ccccc45)c3cc21. The lowest BCUT2D eigenvalue weighted by Crippen LogP contribution is -2.15. The Morgan fingerprint density at radius 1 is 0.426 bits per heavy atom. The Morgan fingerprint density at radius 2 is 1.00 bits per heavy atom. The first-order valence-electron chi connectivity index (χ1n) is 18.3. The van der Waals surface area contributed by atoms with Crippen LogP contribution >= 0.6 is 0 Å². The molecule has 6 aromatic carbocycles. The molecule has 0 bridgehead atoms. The Bertz CT molecular complexity index is 3070. The van der Waals surface area contributed by atoms with E-state index in [0.717, 1.165) is 22.0 Å². The molecule has 0 atom stereocenters. The molecule has 0 N–H and O–H groups in total. The third-order valence-corrected chi connectivity index (χ3v) is 11.1. The number of para-hydroxylation sites is 1. The van der Waals surface area contributed by atoms with E-state index in [2.05, 4.69) is 138 Å². The average Bonchev–Trinajstić information content (AvgIpc) is 3.66. The lowest BCUT2D eigenvalue weighted by atomic mass is 9.81. The van der Waals surface area contributed by atoms with Gasteiger partial charge in [-0.2, -0.15) is 0 Å². The van der Waals surface area contributed by atoms with Crippen molar-refractivity contribution in [3.63, 3.8) is 0 Å². The van der Waals surface area contributed by atoms with Crippen molar-refractivity contribution < 1.29 is 0 Å². The third kappa shape index (κ3) is 4.50. The summed E-state index contributed by atoms with van der Waals surface area (Å²) in [6, 6.07) is 51.6. The Kier molecular flexibility index (Phi) is 6.49. The molecule has 1 aliphatic carbocycles. The minimum atomic E-state index is -0.161. The molecule has 54 heavy (non-hydrogen) atoms. The molecule has 0 radical (unpaired) electrons. The lowest BCUT2D eigenvalue weighted by Gasteiger charge is -2.22. The first-order valence-corrected chi connectivity index (χ1v) is 18.3. The van der Waals surface area contributed by atoms with Crippen molar-refractivity contribution in [3.05, 3.63) is 169 Å². The van der Waals surface area contributed by atoms with Gasteiger partial charge in [-0.15, -0.1) is 0 Å². The zero-order valence-electron chi connectivity index (χ0n) is 29.7. The standard InChI is InChI=1S/C48H32N6/c1-48(2)38-26-30-14-4-3-13-29(30)25-35(38)36-27-37-33-17-7-8-20-42(33)54(44(37)28-39(36)48)43-22-21-34(31-15-5-6-16-32(31)43)45-51-46(40-18-9-11-23-49-40)53-47(52-45)41-19-10-12-24-50-41/h3-28H,1-2H3. The predicted octanol–water partition coefficient (Wildman–Crippen LogP) is 11.4. The molecular formula is C48H32N6. The van der Waals surface area contributed by atoms with Crippen LogP contribution in [0.2, 0.25) is 0 Å². The van der Waals surface area contributed by atoms with Crippen LogP contribution in [-0.4, -0.2) is 29.5 Å². The fourth-order valence-corrected chi connectivity index (χ4v) is 8.53. The second-order valence-electron chi connectivity index (χ2n) is 14.6. The number of hydrogen-bond acceptors (Lipinski definition) is 5. The molecule has 0 aliphatic heterocycles. The van der Waals surface area contributed by atoms with Crippen molar-refractivity contribution in [1.29, 1.82) is 0 Å². The number of aromatic nitrogens is 6. The Hall–Kier alpha value is -7.05. The monoisotopic (exact) mass is 692 g/mol. The summed E-state index contributed by atoms with van der Waals surface area (Å²) >= 11 is 0. The second kappa shape index (κ2) is 11.5. The van der Waals surface area contributed by atoms with Crippen LogP contribution in [0.25, 0.3) is 94.6 Å². The van der Waals surface area contributed by atoms with Gasteiger partial charge in [-0.3, -0.25) is 9.97 Å². The molecule has 0 unspecified atom stereocenters. The maximum absolute atomic E-state index is 5.02. The van der Waals surface area contributed by atoms with Crippen LogP contribution in [0.4, 0.5) is 0 Å². The fraction of sp³-hybridized carbons (Fsp3) is 0.0625. The van der Waals surface area contributed by atoms with Crippen LogP contribution in [0.15, 0.2) is 158 Å². The van der Waals surface area contributed by atoms with E-state index in [0.29, 0.717) is 28.9 Å². The molecule has 0 fully saturated rings. The zero-order valence-corrected chi connectivity index (χ0v) is 29.7. The summed E-state index contributed by atoms with van der Waals surface area (Å²) in [5.41, 5.74) is 10.9. The summed E-state index contributed by atoms with van der Waals surface area (Å²) in [4.78, 5) is 24.0. The number of fused-ring (bicyclic) bond motifs is 8. The number of pyridine rings is 2. The number of hydrogen-bond donors (Lipinski definition) is 0. The lowest BCUT2D eigenvalue weighted by molar-refractivity contribution is 0.662. The van der Waals surface area contributed by atoms with E-state index in [1.54, 1.807) is 12.4 Å². The summed E-state index contributed by atoms with van der Waals surface area (Å²) in [5.74, 6) is 1.57. The average molecular weight is 693 g/mol. The smallest absolute Gasteiger partial charge is 0.182 e. The van der Waals surface area contributed by atoms with E-state index in [-0.39, 0.29) is 5.41 Å². The van der Waals surface area contributed by atoms with Gasteiger partial charge < -0.3 is 4.57 Å². The fourth-order valence-electron chi connectivity index (χ4n) is 8.53. The third-order valence-electron chi connectivity index (χ3n) is 11.1. The van der Waals surface area contributed by atoms with Gasteiger partial charge in [0.15, 0.2) is 17.5 Å². The van der Waals surface area contributed by atoms with Gasteiger partial charge in [0.2, 0.25) is 0 Å². The highest BCUT2D eigenvalue weighted by molar-refractivity contribution is 6.13. The van der Waals surface area contributed by atoms with Gasteiger partial charge in [0.25, 0.3) is 0 Å². The van der Waals surface area contributed by atoms with Crippen molar-refractivity contribution in [2.45, 2.75) is 19.3 Å². The molecule has 0 spiro atoms. The van der Waals surface area contributed by atoms with Gasteiger partial charge in [0, 0.05) is 39.5 Å². The Balaban J connectivity index is 1.15. The highest BCUT2D eigenvalue weighted by Crippen LogP contribution is 2.52. The number of rotatable bonds is 4. The molecule has 6 heteroatoms. The van der Waals surface area contributed by atoms with E-state index in [1.165, 1.54) is 54.8 Å². The van der Waals surface area contributed by atoms with Crippen LogP contribution in [0.5, 0.6) is 0 Å². The summed E-state index contributed by atoms with van der Waals surface area (Å²) in [7, 11) is 0. The first-order chi connectivity index (χ1) is 26.5. The van der Waals surface area contributed by atoms with E-state index in [1.807, 2.05) is 36.4 Å². The molecule has 11 rings (SSSR count). The Labute approximate surface area is 311 Å². The maximum atomic E-state index is 5.02. The van der Waals surface area contributed by atoms with Gasteiger partial charge in [0.1, 0.15) is 11.4 Å². The molecule has 4 heterocycles. The van der Waals surface area contributed by atoms with Gasteiger partial charge in [-0.25, -0.2) is 15.0 Å². The molecule has 0 amide bonds. The van der Waals surface area contributed by atoms with Crippen molar-refractivity contribution in [2.75, 3.05) is 0 Å². The topological polar surface area (TPSA) is 69.4 Å². The predicted molar refractivity (Wildman–Crippen MR) is 219 cm³/mol. The minimum absolute atomic E-state index is 0.161. The molecule has 6 nitrogen and oxygen atoms in total. The molecule has 4 aromatic heterocycles. The van der Waals surface area contributed by atoms with E-state index in [4.69, 9.17) is 15.0 Å². The molecule has 0 saturated carbocycles. The quantitative estimate of drug-likeness (QED) is 0.184. The summed E-state index contributed by atoms with van der Waals surface area (Å²) < 4.78 is 2.44. The largest absolute Gasteiger partial charge is 0.309 e.